The lowest BCUT2D eigenvalue weighted by Crippen LogP contribution is -2.40. The van der Waals surface area contributed by atoms with Crippen molar-refractivity contribution in [3.05, 3.63) is 81.8 Å². The second kappa shape index (κ2) is 10.3. The fraction of sp³-hybridized carbons (Fsp3) is 0.174. The number of ketones is 1. The summed E-state index contributed by atoms with van der Waals surface area (Å²) in [4.78, 5) is 36.3. The summed E-state index contributed by atoms with van der Waals surface area (Å²) in [7, 11) is 0. The first kappa shape index (κ1) is 22.6. The van der Waals surface area contributed by atoms with Crippen LogP contribution in [0.1, 0.15) is 22.3 Å². The van der Waals surface area contributed by atoms with Crippen LogP contribution in [0.3, 0.4) is 0 Å². The van der Waals surface area contributed by atoms with Crippen LogP contribution in [0.15, 0.2) is 60.7 Å². The maximum atomic E-state index is 12.5. The van der Waals surface area contributed by atoms with Gasteiger partial charge in [-0.2, -0.15) is 0 Å². The van der Waals surface area contributed by atoms with Crippen LogP contribution in [0.5, 0.6) is 0 Å². The van der Waals surface area contributed by atoms with Gasteiger partial charge in [0.05, 0.1) is 21.5 Å². The van der Waals surface area contributed by atoms with Gasteiger partial charge >= 0.3 is 12.0 Å². The van der Waals surface area contributed by atoms with Gasteiger partial charge < -0.3 is 15.7 Å². The number of nitrogens with one attached hydrogen (secondary N) is 2. The molecule has 160 valence electrons. The third-order valence-electron chi connectivity index (χ3n) is 4.85. The number of urea groups is 1. The summed E-state index contributed by atoms with van der Waals surface area (Å²) in [5, 5.41) is 17.1. The van der Waals surface area contributed by atoms with Crippen LogP contribution in [0, 0.1) is 5.92 Å². The van der Waals surface area contributed by atoms with Crippen molar-refractivity contribution in [1.29, 1.82) is 0 Å². The Morgan fingerprint density at radius 1 is 0.871 bits per heavy atom. The minimum Gasteiger partial charge on any atom is -0.481 e. The molecule has 0 radical (unpaired) electrons. The summed E-state index contributed by atoms with van der Waals surface area (Å²) >= 11 is 12.0. The van der Waals surface area contributed by atoms with Gasteiger partial charge in [-0.1, -0.05) is 71.7 Å². The third kappa shape index (κ3) is 5.75. The second-order valence-corrected chi connectivity index (χ2v) is 7.78. The van der Waals surface area contributed by atoms with Gasteiger partial charge in [0.2, 0.25) is 0 Å². The summed E-state index contributed by atoms with van der Waals surface area (Å²) in [6.45, 7) is 0.0591. The number of carbonyl (C=O) groups excluding carboxylic acids is 2. The largest absolute Gasteiger partial charge is 0.481 e. The van der Waals surface area contributed by atoms with Crippen molar-refractivity contribution in [3.8, 4) is 0 Å². The highest BCUT2D eigenvalue weighted by atomic mass is 35.5. The molecule has 3 rings (SSSR count). The standard InChI is InChI=1S/C23H20Cl2N2O4/c24-18-9-4-10-19(25)21(18)20(28)11-16(22(29)30)13-27-23(31)26-12-15-7-3-6-14-5-1-2-8-17(14)15/h1-10,16H,11-13H2,(H,29,30)(H2,26,27,31)/t16-/m0/s1. The average molecular weight is 459 g/mol. The highest BCUT2D eigenvalue weighted by molar-refractivity contribution is 6.39. The summed E-state index contributed by atoms with van der Waals surface area (Å²) in [5.74, 6) is -2.82. The molecule has 0 saturated carbocycles. The van der Waals surface area contributed by atoms with Crippen LogP contribution in [-0.2, 0) is 11.3 Å². The molecule has 3 aromatic rings. The van der Waals surface area contributed by atoms with Gasteiger partial charge in [-0.25, -0.2) is 4.79 Å². The lowest BCUT2D eigenvalue weighted by molar-refractivity contribution is -0.141. The van der Waals surface area contributed by atoms with Gasteiger partial charge in [0.1, 0.15) is 0 Å². The minimum atomic E-state index is -1.20. The number of rotatable bonds is 8. The van der Waals surface area contributed by atoms with E-state index in [1.807, 2.05) is 42.5 Å². The summed E-state index contributed by atoms with van der Waals surface area (Å²) < 4.78 is 0. The highest BCUT2D eigenvalue weighted by Crippen LogP contribution is 2.26. The molecule has 31 heavy (non-hydrogen) atoms. The minimum absolute atomic E-state index is 0.0810. The van der Waals surface area contributed by atoms with E-state index in [4.69, 9.17) is 23.2 Å². The molecule has 0 fully saturated rings. The lowest BCUT2D eigenvalue weighted by Gasteiger charge is -2.15. The first-order valence-electron chi connectivity index (χ1n) is 9.55. The number of hydrogen-bond donors (Lipinski definition) is 3. The quantitative estimate of drug-likeness (QED) is 0.417. The molecule has 0 spiro atoms. The van der Waals surface area contributed by atoms with E-state index in [9.17, 15) is 19.5 Å². The topological polar surface area (TPSA) is 95.5 Å². The Balaban J connectivity index is 1.58. The fourth-order valence-electron chi connectivity index (χ4n) is 3.24. The number of carbonyl (C=O) groups is 3. The number of hydrogen-bond acceptors (Lipinski definition) is 3. The molecular weight excluding hydrogens is 439 g/mol. The number of benzene rings is 3. The normalized spacial score (nSPS) is 11.7. The lowest BCUT2D eigenvalue weighted by atomic mass is 9.98. The Bertz CT molecular complexity index is 1110. The van der Waals surface area contributed by atoms with Crippen molar-refractivity contribution < 1.29 is 19.5 Å². The monoisotopic (exact) mass is 458 g/mol. The van der Waals surface area contributed by atoms with E-state index >= 15 is 0 Å². The average Bonchev–Trinajstić information content (AvgIpc) is 2.74. The molecule has 6 nitrogen and oxygen atoms in total. The first-order valence-corrected chi connectivity index (χ1v) is 10.3. The predicted octanol–water partition coefficient (Wildman–Crippen LogP) is 4.92. The van der Waals surface area contributed by atoms with E-state index in [-0.39, 0.29) is 35.1 Å². The molecule has 0 heterocycles. The molecule has 3 aromatic carbocycles. The van der Waals surface area contributed by atoms with Crippen molar-refractivity contribution in [1.82, 2.24) is 10.6 Å². The van der Waals surface area contributed by atoms with Crippen molar-refractivity contribution in [2.45, 2.75) is 13.0 Å². The van der Waals surface area contributed by atoms with Crippen molar-refractivity contribution in [3.63, 3.8) is 0 Å². The Morgan fingerprint density at radius 2 is 1.52 bits per heavy atom. The molecule has 0 aliphatic rings. The number of halogens is 2. The van der Waals surface area contributed by atoms with E-state index in [1.54, 1.807) is 6.07 Å². The van der Waals surface area contributed by atoms with Gasteiger partial charge in [-0.3, -0.25) is 9.59 Å². The first-order chi connectivity index (χ1) is 14.9. The maximum absolute atomic E-state index is 12.5. The van der Waals surface area contributed by atoms with Crippen molar-refractivity contribution >= 4 is 51.8 Å². The summed E-state index contributed by atoms with van der Waals surface area (Å²) in [5.41, 5.74) is 1.02. The van der Waals surface area contributed by atoms with Gasteiger partial charge in [0.25, 0.3) is 0 Å². The fourth-order valence-corrected chi connectivity index (χ4v) is 3.85. The van der Waals surface area contributed by atoms with Gasteiger partial charge in [0, 0.05) is 19.5 Å². The maximum Gasteiger partial charge on any atom is 0.315 e. The molecule has 2 amide bonds. The molecule has 0 aromatic heterocycles. The molecule has 3 N–H and O–H groups in total. The third-order valence-corrected chi connectivity index (χ3v) is 5.48. The molecular formula is C23H20Cl2N2O4. The number of carboxylic acid groups (broad SMARTS) is 1. The van der Waals surface area contributed by atoms with E-state index in [2.05, 4.69) is 10.6 Å². The van der Waals surface area contributed by atoms with E-state index in [0.717, 1.165) is 16.3 Å². The molecule has 0 saturated heterocycles. The van der Waals surface area contributed by atoms with E-state index in [0.29, 0.717) is 0 Å². The zero-order valence-corrected chi connectivity index (χ0v) is 17.9. The van der Waals surface area contributed by atoms with Crippen LogP contribution in [-0.4, -0.2) is 29.4 Å². The highest BCUT2D eigenvalue weighted by Gasteiger charge is 2.25. The number of carboxylic acids is 1. The Hall–Kier alpha value is -3.09. The van der Waals surface area contributed by atoms with Gasteiger partial charge in [0.15, 0.2) is 5.78 Å². The van der Waals surface area contributed by atoms with Crippen LogP contribution in [0.4, 0.5) is 4.79 Å². The molecule has 1 atom stereocenters. The number of aliphatic carboxylic acids is 1. The summed E-state index contributed by atoms with van der Waals surface area (Å²) in [6.07, 6.45) is -0.345. The van der Waals surface area contributed by atoms with E-state index in [1.165, 1.54) is 12.1 Å². The molecule has 0 unspecified atom stereocenters. The van der Waals surface area contributed by atoms with Crippen molar-refractivity contribution in [2.75, 3.05) is 6.54 Å². The van der Waals surface area contributed by atoms with Crippen molar-refractivity contribution in [2.24, 2.45) is 5.92 Å². The zero-order chi connectivity index (χ0) is 22.4. The molecule has 0 bridgehead atoms. The van der Waals surface area contributed by atoms with E-state index < -0.39 is 23.7 Å². The molecule has 0 aliphatic carbocycles. The molecule has 8 heteroatoms. The zero-order valence-electron chi connectivity index (χ0n) is 16.4. The summed E-state index contributed by atoms with van der Waals surface area (Å²) in [6, 6.07) is 17.7. The number of fused-ring (bicyclic) bond motifs is 1. The molecule has 0 aliphatic heterocycles. The smallest absolute Gasteiger partial charge is 0.315 e. The van der Waals surface area contributed by atoms with Gasteiger partial charge in [-0.15, -0.1) is 0 Å². The Labute approximate surface area is 189 Å². The van der Waals surface area contributed by atoms with Crippen LogP contribution < -0.4 is 10.6 Å². The number of Topliss-reactive ketones (excluding diaryl/α,β-unsaturated/α-hetero) is 1. The second-order valence-electron chi connectivity index (χ2n) is 6.96. The Kier molecular flexibility index (Phi) is 7.50. The van der Waals surface area contributed by atoms with Crippen LogP contribution in [0.25, 0.3) is 10.8 Å². The SMILES string of the molecule is O=C(NCc1cccc2ccccc12)NC[C@H](CC(=O)c1c(Cl)cccc1Cl)C(=O)O. The predicted molar refractivity (Wildman–Crippen MR) is 121 cm³/mol. The van der Waals surface area contributed by atoms with Crippen LogP contribution >= 0.6 is 23.2 Å². The number of amides is 2. The van der Waals surface area contributed by atoms with Crippen LogP contribution in [0.2, 0.25) is 10.0 Å². The van der Waals surface area contributed by atoms with Gasteiger partial charge in [-0.05, 0) is 28.5 Å². The Morgan fingerprint density at radius 3 is 2.23 bits per heavy atom.